The van der Waals surface area contributed by atoms with Crippen LogP contribution in [0.3, 0.4) is 0 Å². The zero-order valence-corrected chi connectivity index (χ0v) is 14.5. The molecule has 0 fully saturated rings. The highest BCUT2D eigenvalue weighted by Gasteiger charge is 2.16. The van der Waals surface area contributed by atoms with Gasteiger partial charge in [0.1, 0.15) is 0 Å². The fraction of sp³-hybridized carbons (Fsp3) is 0.353. The van der Waals surface area contributed by atoms with Crippen molar-refractivity contribution in [2.45, 2.75) is 38.6 Å². The van der Waals surface area contributed by atoms with Crippen molar-refractivity contribution < 1.29 is 4.79 Å². The van der Waals surface area contributed by atoms with Crippen LogP contribution < -0.4 is 5.32 Å². The maximum Gasteiger partial charge on any atom is 0.261 e. The normalized spacial score (nSPS) is 14.3. The van der Waals surface area contributed by atoms with Crippen LogP contribution in [-0.2, 0) is 19.4 Å². The molecule has 2 aromatic rings. The highest BCUT2D eigenvalue weighted by atomic mass is 35.5. The summed E-state index contributed by atoms with van der Waals surface area (Å²) in [5.41, 5.74) is 2.23. The van der Waals surface area contributed by atoms with Crippen LogP contribution in [0.25, 0.3) is 0 Å². The van der Waals surface area contributed by atoms with Crippen LogP contribution in [0.4, 0.5) is 0 Å². The number of aryl methyl sites for hydroxylation is 2. The lowest BCUT2D eigenvalue weighted by molar-refractivity contribution is 0.0955. The Morgan fingerprint density at radius 1 is 1.14 bits per heavy atom. The Kier molecular flexibility index (Phi) is 5.07. The summed E-state index contributed by atoms with van der Waals surface area (Å²) in [5, 5.41) is 4.12. The zero-order valence-electron chi connectivity index (χ0n) is 12.1. The first-order valence-corrected chi connectivity index (χ1v) is 9.04. The third-order valence-electron chi connectivity index (χ3n) is 3.92. The summed E-state index contributed by atoms with van der Waals surface area (Å²) in [5.74, 6) is -0.0240. The molecule has 1 heterocycles. The van der Waals surface area contributed by atoms with E-state index in [4.69, 9.17) is 23.2 Å². The van der Waals surface area contributed by atoms with E-state index in [2.05, 4.69) is 11.4 Å². The Morgan fingerprint density at radius 2 is 1.95 bits per heavy atom. The van der Waals surface area contributed by atoms with Crippen molar-refractivity contribution >= 4 is 40.4 Å². The van der Waals surface area contributed by atoms with E-state index in [1.807, 2.05) is 6.07 Å². The van der Waals surface area contributed by atoms with Crippen molar-refractivity contribution in [3.63, 3.8) is 0 Å². The fourth-order valence-corrected chi connectivity index (χ4v) is 4.35. The summed E-state index contributed by atoms with van der Waals surface area (Å²) in [6.45, 7) is 0.414. The number of hydrogen-bond donors (Lipinski definition) is 1. The molecule has 0 atom stereocenters. The maximum absolute atomic E-state index is 12.3. The second-order valence-corrected chi connectivity index (χ2v) is 7.52. The van der Waals surface area contributed by atoms with Gasteiger partial charge < -0.3 is 5.32 Å². The van der Waals surface area contributed by atoms with Crippen molar-refractivity contribution in [2.24, 2.45) is 0 Å². The lowest BCUT2D eigenvalue weighted by Crippen LogP contribution is -2.22. The largest absolute Gasteiger partial charge is 0.347 e. The van der Waals surface area contributed by atoms with Gasteiger partial charge in [0.05, 0.1) is 4.88 Å². The molecule has 116 valence electrons. The predicted molar refractivity (Wildman–Crippen MR) is 93.2 cm³/mol. The van der Waals surface area contributed by atoms with Crippen LogP contribution in [0, 0.1) is 0 Å². The molecule has 0 spiro atoms. The zero-order chi connectivity index (χ0) is 15.5. The molecule has 1 aromatic carbocycles. The third kappa shape index (κ3) is 3.65. The predicted octanol–water partition coefficient (Wildman–Crippen LogP) is 5.25. The summed E-state index contributed by atoms with van der Waals surface area (Å²) in [6, 6.07) is 7.37. The lowest BCUT2D eigenvalue weighted by atomic mass is 10.1. The molecule has 1 amide bonds. The molecule has 0 saturated heterocycles. The first-order chi connectivity index (χ1) is 10.6. The molecular formula is C17H17Cl2NOS. The fourth-order valence-electron chi connectivity index (χ4n) is 2.71. The molecular weight excluding hydrogens is 337 g/mol. The molecule has 3 rings (SSSR count). The second-order valence-electron chi connectivity index (χ2n) is 5.54. The SMILES string of the molecule is O=C(NCc1ccc(Cl)cc1Cl)c1cc2c(s1)CCCCC2. The number of carbonyl (C=O) groups excluding carboxylic acids is 1. The van der Waals surface area contributed by atoms with Gasteiger partial charge in [0.2, 0.25) is 0 Å². The van der Waals surface area contributed by atoms with E-state index < -0.39 is 0 Å². The Hall–Kier alpha value is -1.03. The molecule has 1 aliphatic rings. The first-order valence-electron chi connectivity index (χ1n) is 7.47. The van der Waals surface area contributed by atoms with Gasteiger partial charge in [-0.2, -0.15) is 0 Å². The Bertz CT molecular complexity index is 672. The number of benzene rings is 1. The van der Waals surface area contributed by atoms with Gasteiger partial charge in [0.25, 0.3) is 5.91 Å². The molecule has 0 unspecified atom stereocenters. The van der Waals surface area contributed by atoms with E-state index in [1.165, 1.54) is 29.7 Å². The van der Waals surface area contributed by atoms with Crippen molar-refractivity contribution in [3.05, 3.63) is 55.2 Å². The number of hydrogen-bond acceptors (Lipinski definition) is 2. The molecule has 0 bridgehead atoms. The van der Waals surface area contributed by atoms with Gasteiger partial charge in [-0.3, -0.25) is 4.79 Å². The minimum absolute atomic E-state index is 0.0240. The van der Waals surface area contributed by atoms with Gasteiger partial charge in [-0.15, -0.1) is 11.3 Å². The van der Waals surface area contributed by atoms with Crippen molar-refractivity contribution in [1.82, 2.24) is 5.32 Å². The highest BCUT2D eigenvalue weighted by molar-refractivity contribution is 7.14. The minimum Gasteiger partial charge on any atom is -0.347 e. The molecule has 2 nitrogen and oxygen atoms in total. The number of thiophene rings is 1. The summed E-state index contributed by atoms with van der Waals surface area (Å²) < 4.78 is 0. The standard InChI is InChI=1S/C17H17Cl2NOS/c18-13-7-6-12(14(19)9-13)10-20-17(21)16-8-11-4-2-1-3-5-15(11)22-16/h6-9H,1-5,10H2,(H,20,21). The average Bonchev–Trinajstić information content (AvgIpc) is 2.77. The van der Waals surface area contributed by atoms with E-state index in [9.17, 15) is 4.79 Å². The number of amides is 1. The van der Waals surface area contributed by atoms with Gasteiger partial charge in [-0.1, -0.05) is 35.7 Å². The van der Waals surface area contributed by atoms with Crippen LogP contribution >= 0.6 is 34.5 Å². The van der Waals surface area contributed by atoms with E-state index in [0.717, 1.165) is 23.3 Å². The Balaban J connectivity index is 1.67. The monoisotopic (exact) mass is 353 g/mol. The molecule has 1 N–H and O–H groups in total. The summed E-state index contributed by atoms with van der Waals surface area (Å²) in [6.07, 6.45) is 5.95. The smallest absolute Gasteiger partial charge is 0.261 e. The summed E-state index contributed by atoms with van der Waals surface area (Å²) in [4.78, 5) is 14.5. The first kappa shape index (κ1) is 15.9. The van der Waals surface area contributed by atoms with Crippen LogP contribution in [0.1, 0.15) is 44.9 Å². The van der Waals surface area contributed by atoms with Crippen molar-refractivity contribution in [1.29, 1.82) is 0 Å². The summed E-state index contributed by atoms with van der Waals surface area (Å²) in [7, 11) is 0. The molecule has 1 aliphatic carbocycles. The lowest BCUT2D eigenvalue weighted by Gasteiger charge is -2.06. The van der Waals surface area contributed by atoms with Gasteiger partial charge in [-0.25, -0.2) is 0 Å². The van der Waals surface area contributed by atoms with Gasteiger partial charge >= 0.3 is 0 Å². The maximum atomic E-state index is 12.3. The molecule has 22 heavy (non-hydrogen) atoms. The van der Waals surface area contributed by atoms with Crippen LogP contribution in [0.2, 0.25) is 10.0 Å². The Morgan fingerprint density at radius 3 is 2.77 bits per heavy atom. The van der Waals surface area contributed by atoms with Gasteiger partial charge in [0, 0.05) is 21.5 Å². The molecule has 0 saturated carbocycles. The van der Waals surface area contributed by atoms with E-state index in [-0.39, 0.29) is 5.91 Å². The third-order valence-corrected chi connectivity index (χ3v) is 5.75. The van der Waals surface area contributed by atoms with E-state index in [1.54, 1.807) is 23.5 Å². The van der Waals surface area contributed by atoms with E-state index in [0.29, 0.717) is 16.6 Å². The van der Waals surface area contributed by atoms with Crippen molar-refractivity contribution in [3.8, 4) is 0 Å². The number of halogens is 2. The number of fused-ring (bicyclic) bond motifs is 1. The molecule has 0 radical (unpaired) electrons. The van der Waals surface area contributed by atoms with Gasteiger partial charge in [-0.05, 0) is 55.0 Å². The Labute approximate surface area is 144 Å². The number of nitrogens with one attached hydrogen (secondary N) is 1. The van der Waals surface area contributed by atoms with Crippen LogP contribution in [-0.4, -0.2) is 5.91 Å². The molecule has 0 aliphatic heterocycles. The van der Waals surface area contributed by atoms with Gasteiger partial charge in [0.15, 0.2) is 0 Å². The highest BCUT2D eigenvalue weighted by Crippen LogP contribution is 2.29. The summed E-state index contributed by atoms with van der Waals surface area (Å²) >= 11 is 13.6. The van der Waals surface area contributed by atoms with Crippen molar-refractivity contribution in [2.75, 3.05) is 0 Å². The van der Waals surface area contributed by atoms with Crippen LogP contribution in [0.15, 0.2) is 24.3 Å². The second kappa shape index (κ2) is 7.03. The number of carbonyl (C=O) groups is 1. The molecule has 1 aromatic heterocycles. The quantitative estimate of drug-likeness (QED) is 0.749. The molecule has 5 heteroatoms. The van der Waals surface area contributed by atoms with Crippen LogP contribution in [0.5, 0.6) is 0 Å². The minimum atomic E-state index is -0.0240. The van der Waals surface area contributed by atoms with E-state index >= 15 is 0 Å². The average molecular weight is 354 g/mol. The topological polar surface area (TPSA) is 29.1 Å². The number of rotatable bonds is 3.